The number of anilines is 1. The van der Waals surface area contributed by atoms with Gasteiger partial charge in [0.1, 0.15) is 15.6 Å². The molecule has 0 radical (unpaired) electrons. The second kappa shape index (κ2) is 6.32. The first-order chi connectivity index (χ1) is 11.7. The monoisotopic (exact) mass is 367 g/mol. The van der Waals surface area contributed by atoms with Crippen molar-refractivity contribution in [2.75, 3.05) is 5.32 Å². The summed E-state index contributed by atoms with van der Waals surface area (Å²) in [6.07, 6.45) is -4.39. The van der Waals surface area contributed by atoms with Gasteiger partial charge in [-0.25, -0.2) is 4.98 Å². The van der Waals surface area contributed by atoms with Gasteiger partial charge in [-0.1, -0.05) is 17.3 Å². The molecule has 1 aromatic carbocycles. The number of aromatic nitrogens is 2. The minimum absolute atomic E-state index is 0.284. The number of rotatable bonds is 3. The molecule has 1 amide bonds. The number of nitrogens with zero attached hydrogens (tertiary/aromatic N) is 2. The average Bonchev–Trinajstić information content (AvgIpc) is 3.12. The molecule has 0 atom stereocenters. The van der Waals surface area contributed by atoms with Crippen molar-refractivity contribution in [3.63, 3.8) is 0 Å². The summed E-state index contributed by atoms with van der Waals surface area (Å²) in [5, 5.41) is 6.74. The highest BCUT2D eigenvalue weighted by molar-refractivity contribution is 7.17. The van der Waals surface area contributed by atoms with E-state index in [1.807, 2.05) is 0 Å². The van der Waals surface area contributed by atoms with Crippen LogP contribution in [0.4, 0.5) is 19.0 Å². The van der Waals surface area contributed by atoms with Gasteiger partial charge in [0, 0.05) is 11.6 Å². The van der Waals surface area contributed by atoms with E-state index in [0.29, 0.717) is 26.9 Å². The molecule has 3 rings (SSSR count). The molecule has 0 unspecified atom stereocenters. The number of hydrogen-bond acceptors (Lipinski definition) is 5. The van der Waals surface area contributed by atoms with Crippen LogP contribution in [-0.4, -0.2) is 16.0 Å². The Bertz CT molecular complexity index is 914. The van der Waals surface area contributed by atoms with Crippen molar-refractivity contribution in [2.45, 2.75) is 20.0 Å². The number of halogens is 3. The van der Waals surface area contributed by atoms with E-state index >= 15 is 0 Å². The largest absolute Gasteiger partial charge is 0.416 e. The minimum atomic E-state index is -4.39. The molecule has 25 heavy (non-hydrogen) atoms. The second-order valence-corrected chi connectivity index (χ2v) is 6.28. The summed E-state index contributed by atoms with van der Waals surface area (Å²) >= 11 is 1.10. The number of carbonyl (C=O) groups excluding carboxylic acids is 1. The Balaban J connectivity index is 1.83. The fourth-order valence-corrected chi connectivity index (χ4v) is 3.10. The molecule has 0 aliphatic heterocycles. The normalized spacial score (nSPS) is 11.6. The quantitative estimate of drug-likeness (QED) is 0.729. The molecular formula is C16H12F3N3O2S. The van der Waals surface area contributed by atoms with E-state index < -0.39 is 17.6 Å². The summed E-state index contributed by atoms with van der Waals surface area (Å²) in [5.41, 5.74) is 0.263. The van der Waals surface area contributed by atoms with E-state index in [2.05, 4.69) is 15.5 Å². The topological polar surface area (TPSA) is 68.0 Å². The van der Waals surface area contributed by atoms with Crippen LogP contribution >= 0.6 is 11.3 Å². The third-order valence-electron chi connectivity index (χ3n) is 3.33. The number of carbonyl (C=O) groups is 1. The fourth-order valence-electron chi connectivity index (χ4n) is 2.13. The molecule has 1 N–H and O–H groups in total. The molecule has 0 spiro atoms. The van der Waals surface area contributed by atoms with Crippen LogP contribution in [0.5, 0.6) is 0 Å². The van der Waals surface area contributed by atoms with E-state index in [-0.39, 0.29) is 5.82 Å². The van der Waals surface area contributed by atoms with Crippen molar-refractivity contribution in [3.8, 4) is 10.6 Å². The average molecular weight is 367 g/mol. The number of nitrogens with one attached hydrogen (secondary N) is 1. The Morgan fingerprint density at radius 2 is 1.88 bits per heavy atom. The van der Waals surface area contributed by atoms with Gasteiger partial charge in [-0.15, -0.1) is 11.3 Å². The highest BCUT2D eigenvalue weighted by Crippen LogP contribution is 2.33. The van der Waals surface area contributed by atoms with Gasteiger partial charge >= 0.3 is 6.18 Å². The summed E-state index contributed by atoms with van der Waals surface area (Å²) in [7, 11) is 0. The summed E-state index contributed by atoms with van der Waals surface area (Å²) < 4.78 is 42.8. The van der Waals surface area contributed by atoms with Crippen molar-refractivity contribution in [2.24, 2.45) is 0 Å². The number of hydrogen-bond donors (Lipinski definition) is 1. The predicted molar refractivity (Wildman–Crippen MR) is 86.5 cm³/mol. The Morgan fingerprint density at radius 1 is 1.20 bits per heavy atom. The Morgan fingerprint density at radius 3 is 2.44 bits per heavy atom. The first-order valence-electron chi connectivity index (χ1n) is 7.14. The van der Waals surface area contributed by atoms with E-state index in [4.69, 9.17) is 4.52 Å². The molecule has 0 saturated heterocycles. The van der Waals surface area contributed by atoms with Crippen LogP contribution in [0.25, 0.3) is 10.6 Å². The van der Waals surface area contributed by atoms with Gasteiger partial charge in [-0.3, -0.25) is 4.79 Å². The van der Waals surface area contributed by atoms with E-state index in [1.165, 1.54) is 12.1 Å². The van der Waals surface area contributed by atoms with Gasteiger partial charge in [-0.2, -0.15) is 13.2 Å². The lowest BCUT2D eigenvalue weighted by molar-refractivity contribution is -0.137. The SMILES string of the molecule is Cc1cc(NC(=O)c2sc(-c3ccc(C(F)(F)F)cc3)nc2C)no1. The standard InChI is InChI=1S/C16H12F3N3O2S/c1-8-7-12(22-24-8)21-14(23)13-9(2)20-15(25-13)10-3-5-11(6-4-10)16(17,18)19/h3-7H,1-2H3,(H,21,22,23). The van der Waals surface area contributed by atoms with E-state index in [1.54, 1.807) is 19.9 Å². The van der Waals surface area contributed by atoms with Gasteiger partial charge in [0.05, 0.1) is 11.3 Å². The number of thiazole rings is 1. The first kappa shape index (κ1) is 17.2. The zero-order chi connectivity index (χ0) is 18.2. The molecule has 0 bridgehead atoms. The van der Waals surface area contributed by atoms with Gasteiger partial charge in [0.2, 0.25) is 0 Å². The van der Waals surface area contributed by atoms with Crippen LogP contribution in [0, 0.1) is 13.8 Å². The molecular weight excluding hydrogens is 355 g/mol. The molecule has 2 aromatic heterocycles. The Hall–Kier alpha value is -2.68. The maximum atomic E-state index is 12.6. The van der Waals surface area contributed by atoms with Crippen LogP contribution < -0.4 is 5.32 Å². The molecule has 3 aromatic rings. The minimum Gasteiger partial charge on any atom is -0.360 e. The molecule has 0 saturated carbocycles. The van der Waals surface area contributed by atoms with E-state index in [9.17, 15) is 18.0 Å². The number of alkyl halides is 3. The van der Waals surface area contributed by atoms with Gasteiger partial charge < -0.3 is 9.84 Å². The van der Waals surface area contributed by atoms with Crippen LogP contribution in [0.1, 0.15) is 26.7 Å². The molecule has 2 heterocycles. The molecule has 5 nitrogen and oxygen atoms in total. The summed E-state index contributed by atoms with van der Waals surface area (Å²) in [5.74, 6) is 0.439. The smallest absolute Gasteiger partial charge is 0.360 e. The Labute approximate surface area is 144 Å². The maximum Gasteiger partial charge on any atom is 0.416 e. The lowest BCUT2D eigenvalue weighted by Crippen LogP contribution is -2.11. The van der Waals surface area contributed by atoms with Crippen molar-refractivity contribution < 1.29 is 22.5 Å². The summed E-state index contributed by atoms with van der Waals surface area (Å²) in [4.78, 5) is 16.9. The van der Waals surface area contributed by atoms with Crippen molar-refractivity contribution in [3.05, 3.63) is 52.2 Å². The van der Waals surface area contributed by atoms with Gasteiger partial charge in [0.15, 0.2) is 5.82 Å². The lowest BCUT2D eigenvalue weighted by atomic mass is 10.1. The molecule has 0 aliphatic rings. The molecule has 9 heteroatoms. The lowest BCUT2D eigenvalue weighted by Gasteiger charge is -2.06. The van der Waals surface area contributed by atoms with Gasteiger partial charge in [-0.05, 0) is 26.0 Å². The van der Waals surface area contributed by atoms with Crippen molar-refractivity contribution in [1.29, 1.82) is 0 Å². The number of aryl methyl sites for hydroxylation is 2. The van der Waals surface area contributed by atoms with Crippen LogP contribution in [0.2, 0.25) is 0 Å². The predicted octanol–water partition coefficient (Wildman–Crippen LogP) is 4.69. The van der Waals surface area contributed by atoms with E-state index in [0.717, 1.165) is 23.5 Å². The highest BCUT2D eigenvalue weighted by atomic mass is 32.1. The third-order valence-corrected chi connectivity index (χ3v) is 4.54. The molecule has 130 valence electrons. The number of amides is 1. The highest BCUT2D eigenvalue weighted by Gasteiger charge is 2.30. The van der Waals surface area contributed by atoms with Crippen molar-refractivity contribution in [1.82, 2.24) is 10.1 Å². The van der Waals surface area contributed by atoms with Gasteiger partial charge in [0.25, 0.3) is 5.91 Å². The van der Waals surface area contributed by atoms with Crippen LogP contribution in [0.15, 0.2) is 34.9 Å². The summed E-state index contributed by atoms with van der Waals surface area (Å²) in [6.45, 7) is 3.36. The third kappa shape index (κ3) is 3.71. The van der Waals surface area contributed by atoms with Crippen LogP contribution in [-0.2, 0) is 6.18 Å². The van der Waals surface area contributed by atoms with Crippen LogP contribution in [0.3, 0.4) is 0 Å². The fraction of sp³-hybridized carbons (Fsp3) is 0.188. The summed E-state index contributed by atoms with van der Waals surface area (Å²) in [6, 6.07) is 6.23. The molecule has 0 fully saturated rings. The van der Waals surface area contributed by atoms with Crippen molar-refractivity contribution >= 4 is 23.1 Å². The number of benzene rings is 1. The maximum absolute atomic E-state index is 12.6. The molecule has 0 aliphatic carbocycles. The second-order valence-electron chi connectivity index (χ2n) is 5.29. The first-order valence-corrected chi connectivity index (χ1v) is 7.95. The Kier molecular flexibility index (Phi) is 4.34. The zero-order valence-corrected chi connectivity index (χ0v) is 14.0. The zero-order valence-electron chi connectivity index (χ0n) is 13.1.